The Bertz CT molecular complexity index is 399. The van der Waals surface area contributed by atoms with Crippen LogP contribution in [-0.2, 0) is 0 Å². The van der Waals surface area contributed by atoms with Crippen LogP contribution < -0.4 is 10.5 Å². The van der Waals surface area contributed by atoms with Gasteiger partial charge >= 0.3 is 0 Å². The molecule has 19 heavy (non-hydrogen) atoms. The van der Waals surface area contributed by atoms with Gasteiger partial charge in [-0.2, -0.15) is 0 Å². The summed E-state index contributed by atoms with van der Waals surface area (Å²) in [5.74, 6) is 0.849. The number of rotatable bonds is 6. The summed E-state index contributed by atoms with van der Waals surface area (Å²) in [6, 6.07) is 7.74. The summed E-state index contributed by atoms with van der Waals surface area (Å²) in [7, 11) is 0. The summed E-state index contributed by atoms with van der Waals surface area (Å²) < 4.78 is 5.92. The van der Waals surface area contributed by atoms with Crippen molar-refractivity contribution in [1.82, 2.24) is 0 Å². The van der Waals surface area contributed by atoms with Crippen LogP contribution in [0.5, 0.6) is 5.75 Å². The minimum absolute atomic E-state index is 0.325. The average Bonchev–Trinajstić information content (AvgIpc) is 2.85. The van der Waals surface area contributed by atoms with Gasteiger partial charge in [0.1, 0.15) is 5.75 Å². The van der Waals surface area contributed by atoms with Crippen LogP contribution in [0, 0.1) is 5.41 Å². The van der Waals surface area contributed by atoms with Gasteiger partial charge in [0, 0.05) is 5.41 Å². The van der Waals surface area contributed by atoms with Crippen molar-refractivity contribution in [3.05, 3.63) is 29.8 Å². The van der Waals surface area contributed by atoms with Crippen molar-refractivity contribution in [2.24, 2.45) is 11.1 Å². The molecule has 0 bridgehead atoms. The van der Waals surface area contributed by atoms with Gasteiger partial charge in [0.05, 0.1) is 12.7 Å². The van der Waals surface area contributed by atoms with E-state index in [1.54, 1.807) is 0 Å². The summed E-state index contributed by atoms with van der Waals surface area (Å²) in [5.41, 5.74) is 6.69. The largest absolute Gasteiger partial charge is 0.493 e. The second-order valence-electron chi connectivity index (χ2n) is 5.97. The van der Waals surface area contributed by atoms with E-state index in [2.05, 4.69) is 6.92 Å². The fourth-order valence-corrected chi connectivity index (χ4v) is 2.77. The van der Waals surface area contributed by atoms with Crippen molar-refractivity contribution in [2.75, 3.05) is 13.2 Å². The van der Waals surface area contributed by atoms with Crippen molar-refractivity contribution in [2.45, 2.75) is 45.1 Å². The molecule has 3 nitrogen and oxygen atoms in total. The van der Waals surface area contributed by atoms with E-state index in [4.69, 9.17) is 10.5 Å². The van der Waals surface area contributed by atoms with Gasteiger partial charge in [0.15, 0.2) is 0 Å². The van der Waals surface area contributed by atoms with E-state index in [9.17, 15) is 5.11 Å². The van der Waals surface area contributed by atoms with Crippen LogP contribution in [0.1, 0.15) is 50.7 Å². The van der Waals surface area contributed by atoms with Gasteiger partial charge in [-0.05, 0) is 43.5 Å². The molecule has 0 aromatic heterocycles. The highest BCUT2D eigenvalue weighted by atomic mass is 16.5. The Morgan fingerprint density at radius 2 is 2.11 bits per heavy atom. The van der Waals surface area contributed by atoms with Crippen LogP contribution in [0.2, 0.25) is 0 Å². The van der Waals surface area contributed by atoms with Crippen LogP contribution in [0.3, 0.4) is 0 Å². The van der Waals surface area contributed by atoms with E-state index in [0.29, 0.717) is 18.4 Å². The molecule has 1 unspecified atom stereocenters. The normalized spacial score (nSPS) is 19.3. The SMILES string of the molecule is CC1(COc2cccc(C(O)CCN)c2)CCCC1. The first-order chi connectivity index (χ1) is 9.13. The molecule has 2 rings (SSSR count). The number of benzene rings is 1. The van der Waals surface area contributed by atoms with Gasteiger partial charge in [0.2, 0.25) is 0 Å². The Labute approximate surface area is 115 Å². The molecular weight excluding hydrogens is 238 g/mol. The molecule has 0 saturated heterocycles. The smallest absolute Gasteiger partial charge is 0.119 e. The summed E-state index contributed by atoms with van der Waals surface area (Å²) in [6.45, 7) is 3.56. The van der Waals surface area contributed by atoms with Crippen LogP contribution in [-0.4, -0.2) is 18.3 Å². The molecule has 0 heterocycles. The average molecular weight is 263 g/mol. The highest BCUT2D eigenvalue weighted by Gasteiger charge is 2.29. The molecule has 0 radical (unpaired) electrons. The lowest BCUT2D eigenvalue weighted by atomic mass is 9.90. The monoisotopic (exact) mass is 263 g/mol. The van der Waals surface area contributed by atoms with E-state index in [1.165, 1.54) is 25.7 Å². The molecule has 0 amide bonds. The summed E-state index contributed by atoms with van der Waals surface area (Å²) in [6.07, 6.45) is 5.23. The number of hydrogen-bond acceptors (Lipinski definition) is 3. The van der Waals surface area contributed by atoms with Crippen molar-refractivity contribution in [3.8, 4) is 5.75 Å². The minimum Gasteiger partial charge on any atom is -0.493 e. The van der Waals surface area contributed by atoms with E-state index >= 15 is 0 Å². The Kier molecular flexibility index (Phi) is 4.83. The van der Waals surface area contributed by atoms with Crippen LogP contribution in [0.4, 0.5) is 0 Å². The van der Waals surface area contributed by atoms with Crippen LogP contribution in [0.25, 0.3) is 0 Å². The van der Waals surface area contributed by atoms with Crippen molar-refractivity contribution in [1.29, 1.82) is 0 Å². The van der Waals surface area contributed by atoms with Gasteiger partial charge in [-0.1, -0.05) is 31.9 Å². The second-order valence-corrected chi connectivity index (χ2v) is 5.97. The quantitative estimate of drug-likeness (QED) is 0.829. The fraction of sp³-hybridized carbons (Fsp3) is 0.625. The zero-order valence-electron chi connectivity index (χ0n) is 11.8. The molecule has 3 heteroatoms. The summed E-state index contributed by atoms with van der Waals surface area (Å²) >= 11 is 0. The predicted molar refractivity (Wildman–Crippen MR) is 77.1 cm³/mol. The summed E-state index contributed by atoms with van der Waals surface area (Å²) in [4.78, 5) is 0. The highest BCUT2D eigenvalue weighted by molar-refractivity contribution is 5.30. The first-order valence-electron chi connectivity index (χ1n) is 7.24. The third-order valence-corrected chi connectivity index (χ3v) is 4.08. The fourth-order valence-electron chi connectivity index (χ4n) is 2.77. The number of aliphatic hydroxyl groups is 1. The highest BCUT2D eigenvalue weighted by Crippen LogP contribution is 2.38. The van der Waals surface area contributed by atoms with Crippen molar-refractivity contribution in [3.63, 3.8) is 0 Å². The van der Waals surface area contributed by atoms with Gasteiger partial charge in [-0.25, -0.2) is 0 Å². The van der Waals surface area contributed by atoms with E-state index in [1.807, 2.05) is 24.3 Å². The third-order valence-electron chi connectivity index (χ3n) is 4.08. The molecule has 106 valence electrons. The van der Waals surface area contributed by atoms with Crippen molar-refractivity contribution >= 4 is 0 Å². The lowest BCUT2D eigenvalue weighted by Gasteiger charge is -2.23. The van der Waals surface area contributed by atoms with Crippen LogP contribution >= 0.6 is 0 Å². The molecular formula is C16H25NO2. The van der Waals surface area contributed by atoms with E-state index in [-0.39, 0.29) is 0 Å². The number of hydrogen-bond donors (Lipinski definition) is 2. The third kappa shape index (κ3) is 3.95. The van der Waals surface area contributed by atoms with Gasteiger partial charge in [0.25, 0.3) is 0 Å². The van der Waals surface area contributed by atoms with Crippen LogP contribution in [0.15, 0.2) is 24.3 Å². The van der Waals surface area contributed by atoms with E-state index in [0.717, 1.165) is 17.9 Å². The number of aliphatic hydroxyl groups excluding tert-OH is 1. The first kappa shape index (κ1) is 14.4. The zero-order chi connectivity index (χ0) is 13.7. The van der Waals surface area contributed by atoms with E-state index < -0.39 is 6.10 Å². The zero-order valence-corrected chi connectivity index (χ0v) is 11.8. The second kappa shape index (κ2) is 6.40. The molecule has 0 aliphatic heterocycles. The lowest BCUT2D eigenvalue weighted by Crippen LogP contribution is -2.21. The maximum absolute atomic E-state index is 9.94. The van der Waals surface area contributed by atoms with Gasteiger partial charge in [-0.15, -0.1) is 0 Å². The van der Waals surface area contributed by atoms with Gasteiger partial charge in [-0.3, -0.25) is 0 Å². The molecule has 1 aliphatic rings. The maximum Gasteiger partial charge on any atom is 0.119 e. The standard InChI is InChI=1S/C16H25NO2/c1-16(8-2-3-9-16)12-19-14-6-4-5-13(11-14)15(18)7-10-17/h4-6,11,15,18H,2-3,7-10,12,17H2,1H3. The molecule has 0 spiro atoms. The maximum atomic E-state index is 9.94. The molecule has 1 aliphatic carbocycles. The summed E-state index contributed by atoms with van der Waals surface area (Å²) in [5, 5.41) is 9.94. The minimum atomic E-state index is -0.490. The lowest BCUT2D eigenvalue weighted by molar-refractivity contribution is 0.162. The Morgan fingerprint density at radius 1 is 1.37 bits per heavy atom. The van der Waals surface area contributed by atoms with Gasteiger partial charge < -0.3 is 15.6 Å². The molecule has 1 saturated carbocycles. The first-order valence-corrected chi connectivity index (χ1v) is 7.24. The number of ether oxygens (including phenoxy) is 1. The Morgan fingerprint density at radius 3 is 2.79 bits per heavy atom. The Hall–Kier alpha value is -1.06. The molecule has 1 aromatic rings. The topological polar surface area (TPSA) is 55.5 Å². The molecule has 1 aromatic carbocycles. The Balaban J connectivity index is 1.95. The predicted octanol–water partition coefficient (Wildman–Crippen LogP) is 3.03. The van der Waals surface area contributed by atoms with Crippen molar-refractivity contribution < 1.29 is 9.84 Å². The molecule has 1 atom stereocenters. The number of nitrogens with two attached hydrogens (primary N) is 1. The molecule has 3 N–H and O–H groups in total. The molecule has 1 fully saturated rings.